The van der Waals surface area contributed by atoms with Gasteiger partial charge in [-0.25, -0.2) is 4.98 Å². The fourth-order valence-corrected chi connectivity index (χ4v) is 3.01. The first-order valence-electron chi connectivity index (χ1n) is 8.72. The molecule has 0 atom stereocenters. The van der Waals surface area contributed by atoms with Gasteiger partial charge in [-0.1, -0.05) is 23.8 Å². The molecule has 3 rings (SSSR count). The lowest BCUT2D eigenvalue weighted by molar-refractivity contribution is 0.102. The number of carbonyl (C=O) groups excluding carboxylic acids is 1. The van der Waals surface area contributed by atoms with E-state index in [0.29, 0.717) is 11.4 Å². The zero-order valence-electron chi connectivity index (χ0n) is 16.0. The normalized spacial score (nSPS) is 10.4. The Bertz CT molecular complexity index is 943. The minimum absolute atomic E-state index is 0.175. The van der Waals surface area contributed by atoms with Crippen LogP contribution in [0.4, 0.5) is 17.2 Å². The number of hydrogen-bond acceptors (Lipinski definition) is 4. The van der Waals surface area contributed by atoms with E-state index < -0.39 is 0 Å². The standard InChI is InChI=1S/C22H23N3O2/c1-14-10-15(2)21(16(3)11-14)25-22(26)17-8-9-20(23-13-17)24-18-6-5-7-19(12-18)27-4/h5-13H,1-4H3,(H,23,24)(H,25,26). The Balaban J connectivity index is 1.72. The van der Waals surface area contributed by atoms with Gasteiger partial charge in [0.2, 0.25) is 0 Å². The molecule has 0 bridgehead atoms. The number of nitrogens with zero attached hydrogens (tertiary/aromatic N) is 1. The summed E-state index contributed by atoms with van der Waals surface area (Å²) < 4.78 is 5.21. The predicted octanol–water partition coefficient (Wildman–Crippen LogP) is 5.01. The lowest BCUT2D eigenvalue weighted by Gasteiger charge is -2.13. The highest BCUT2D eigenvalue weighted by atomic mass is 16.5. The van der Waals surface area contributed by atoms with Gasteiger partial charge in [0.25, 0.3) is 5.91 Å². The number of aryl methyl sites for hydroxylation is 3. The molecule has 1 aromatic heterocycles. The molecule has 1 amide bonds. The van der Waals surface area contributed by atoms with E-state index in [-0.39, 0.29) is 5.91 Å². The minimum Gasteiger partial charge on any atom is -0.497 e. The molecule has 5 nitrogen and oxygen atoms in total. The summed E-state index contributed by atoms with van der Waals surface area (Å²) in [5.41, 5.74) is 5.49. The van der Waals surface area contributed by atoms with Crippen LogP contribution in [0.15, 0.2) is 54.7 Å². The van der Waals surface area contributed by atoms with Crippen LogP contribution in [0.2, 0.25) is 0 Å². The summed E-state index contributed by atoms with van der Waals surface area (Å²) in [6.45, 7) is 6.04. The summed E-state index contributed by atoms with van der Waals surface area (Å²) in [6, 6.07) is 15.2. The van der Waals surface area contributed by atoms with E-state index >= 15 is 0 Å². The van der Waals surface area contributed by atoms with Crippen molar-refractivity contribution in [1.29, 1.82) is 0 Å². The number of amides is 1. The minimum atomic E-state index is -0.175. The number of benzene rings is 2. The van der Waals surface area contributed by atoms with Gasteiger partial charge in [-0.2, -0.15) is 0 Å². The molecule has 0 fully saturated rings. The van der Waals surface area contributed by atoms with Gasteiger partial charge in [0.15, 0.2) is 0 Å². The fourth-order valence-electron chi connectivity index (χ4n) is 3.01. The first kappa shape index (κ1) is 18.5. The van der Waals surface area contributed by atoms with Crippen LogP contribution in [0.5, 0.6) is 5.75 Å². The predicted molar refractivity (Wildman–Crippen MR) is 109 cm³/mol. The largest absolute Gasteiger partial charge is 0.497 e. The first-order valence-corrected chi connectivity index (χ1v) is 8.72. The maximum atomic E-state index is 12.6. The maximum absolute atomic E-state index is 12.6. The summed E-state index contributed by atoms with van der Waals surface area (Å²) in [5, 5.41) is 6.19. The van der Waals surface area contributed by atoms with Gasteiger partial charge in [0, 0.05) is 23.6 Å². The third-order valence-electron chi connectivity index (χ3n) is 4.28. The molecule has 0 unspecified atom stereocenters. The second-order valence-corrected chi connectivity index (χ2v) is 6.52. The van der Waals surface area contributed by atoms with Crippen LogP contribution < -0.4 is 15.4 Å². The average molecular weight is 361 g/mol. The number of pyridine rings is 1. The Morgan fingerprint density at radius 2 is 1.74 bits per heavy atom. The van der Waals surface area contributed by atoms with Crippen LogP contribution in [0.3, 0.4) is 0 Å². The van der Waals surface area contributed by atoms with Gasteiger partial charge in [-0.05, 0) is 56.2 Å². The summed E-state index contributed by atoms with van der Waals surface area (Å²) in [7, 11) is 1.63. The third kappa shape index (κ3) is 4.44. The highest BCUT2D eigenvalue weighted by Crippen LogP contribution is 2.23. The third-order valence-corrected chi connectivity index (χ3v) is 4.28. The van der Waals surface area contributed by atoms with Gasteiger partial charge >= 0.3 is 0 Å². The lowest BCUT2D eigenvalue weighted by Crippen LogP contribution is -2.14. The average Bonchev–Trinajstić information content (AvgIpc) is 2.65. The Kier molecular flexibility index (Phi) is 5.41. The zero-order chi connectivity index (χ0) is 19.4. The molecule has 5 heteroatoms. The summed E-state index contributed by atoms with van der Waals surface area (Å²) >= 11 is 0. The molecule has 0 radical (unpaired) electrons. The summed E-state index contributed by atoms with van der Waals surface area (Å²) in [4.78, 5) is 16.9. The zero-order valence-corrected chi connectivity index (χ0v) is 16.0. The van der Waals surface area contributed by atoms with Crippen LogP contribution in [0.1, 0.15) is 27.0 Å². The van der Waals surface area contributed by atoms with Gasteiger partial charge < -0.3 is 15.4 Å². The molecule has 0 saturated carbocycles. The molecular weight excluding hydrogens is 338 g/mol. The summed E-state index contributed by atoms with van der Waals surface area (Å²) in [5.74, 6) is 1.24. The van der Waals surface area contributed by atoms with Crippen molar-refractivity contribution < 1.29 is 9.53 Å². The lowest BCUT2D eigenvalue weighted by atomic mass is 10.0. The number of nitrogens with one attached hydrogen (secondary N) is 2. The number of methoxy groups -OCH3 is 1. The van der Waals surface area contributed by atoms with E-state index in [9.17, 15) is 4.79 Å². The van der Waals surface area contributed by atoms with E-state index in [0.717, 1.165) is 28.3 Å². The molecule has 1 heterocycles. The van der Waals surface area contributed by atoms with Gasteiger partial charge in [0.1, 0.15) is 11.6 Å². The van der Waals surface area contributed by atoms with Gasteiger partial charge in [0.05, 0.1) is 12.7 Å². The van der Waals surface area contributed by atoms with Crippen molar-refractivity contribution in [2.45, 2.75) is 20.8 Å². The SMILES string of the molecule is COc1cccc(Nc2ccc(C(=O)Nc3c(C)cc(C)cc3C)cn2)c1. The van der Waals surface area contributed by atoms with Crippen molar-refractivity contribution in [3.05, 3.63) is 77.0 Å². The number of carbonyl (C=O) groups is 1. The highest BCUT2D eigenvalue weighted by molar-refractivity contribution is 6.05. The topological polar surface area (TPSA) is 63.2 Å². The highest BCUT2D eigenvalue weighted by Gasteiger charge is 2.11. The molecule has 3 aromatic rings. The Morgan fingerprint density at radius 1 is 1.00 bits per heavy atom. The molecule has 0 spiro atoms. The van der Waals surface area contributed by atoms with Crippen LogP contribution in [0, 0.1) is 20.8 Å². The molecule has 0 aliphatic heterocycles. The Labute approximate surface area is 159 Å². The quantitative estimate of drug-likeness (QED) is 0.670. The number of anilines is 3. The van der Waals surface area contributed by atoms with Crippen molar-refractivity contribution in [2.24, 2.45) is 0 Å². The van der Waals surface area contributed by atoms with E-state index in [1.165, 1.54) is 5.56 Å². The molecular formula is C22H23N3O2. The van der Waals surface area contributed by atoms with Crippen molar-refractivity contribution in [3.63, 3.8) is 0 Å². The number of ether oxygens (including phenoxy) is 1. The number of rotatable bonds is 5. The second kappa shape index (κ2) is 7.91. The number of hydrogen-bond donors (Lipinski definition) is 2. The molecule has 0 aliphatic rings. The van der Waals surface area contributed by atoms with E-state index in [1.807, 2.05) is 45.0 Å². The van der Waals surface area contributed by atoms with Crippen LogP contribution in [-0.4, -0.2) is 18.0 Å². The smallest absolute Gasteiger partial charge is 0.257 e. The maximum Gasteiger partial charge on any atom is 0.257 e. The first-order chi connectivity index (χ1) is 13.0. The van der Waals surface area contributed by atoms with Crippen molar-refractivity contribution >= 4 is 23.1 Å². The van der Waals surface area contributed by atoms with E-state index in [4.69, 9.17) is 4.74 Å². The second-order valence-electron chi connectivity index (χ2n) is 6.52. The van der Waals surface area contributed by atoms with Crippen LogP contribution in [0.25, 0.3) is 0 Å². The van der Waals surface area contributed by atoms with E-state index in [1.54, 1.807) is 25.4 Å². The van der Waals surface area contributed by atoms with Crippen molar-refractivity contribution in [1.82, 2.24) is 4.98 Å². The molecule has 138 valence electrons. The van der Waals surface area contributed by atoms with Crippen LogP contribution in [-0.2, 0) is 0 Å². The fraction of sp³-hybridized carbons (Fsp3) is 0.182. The van der Waals surface area contributed by atoms with Gasteiger partial charge in [-0.15, -0.1) is 0 Å². The van der Waals surface area contributed by atoms with E-state index in [2.05, 4.69) is 27.8 Å². The monoisotopic (exact) mass is 361 g/mol. The molecule has 2 N–H and O–H groups in total. The Hall–Kier alpha value is -3.34. The van der Waals surface area contributed by atoms with Crippen LogP contribution >= 0.6 is 0 Å². The van der Waals surface area contributed by atoms with Gasteiger partial charge in [-0.3, -0.25) is 4.79 Å². The summed E-state index contributed by atoms with van der Waals surface area (Å²) in [6.07, 6.45) is 1.57. The Morgan fingerprint density at radius 3 is 2.37 bits per heavy atom. The molecule has 27 heavy (non-hydrogen) atoms. The molecule has 0 aliphatic carbocycles. The molecule has 0 saturated heterocycles. The van der Waals surface area contributed by atoms with Crippen molar-refractivity contribution in [2.75, 3.05) is 17.7 Å². The molecule has 2 aromatic carbocycles. The van der Waals surface area contributed by atoms with Crippen molar-refractivity contribution in [3.8, 4) is 5.75 Å². The number of aromatic nitrogens is 1.